The lowest BCUT2D eigenvalue weighted by Crippen LogP contribution is -2.16. The third-order valence-electron chi connectivity index (χ3n) is 4.25. The normalized spacial score (nSPS) is 13.1. The molecule has 0 aliphatic carbocycles. The molecule has 0 fully saturated rings. The molecule has 0 saturated carbocycles. The maximum absolute atomic E-state index is 14.5. The lowest BCUT2D eigenvalue weighted by atomic mass is 9.91. The predicted octanol–water partition coefficient (Wildman–Crippen LogP) is 6.34. The fourth-order valence-corrected chi connectivity index (χ4v) is 2.69. The van der Waals surface area contributed by atoms with Gasteiger partial charge in [0.1, 0.15) is 17.7 Å². The van der Waals surface area contributed by atoms with E-state index in [4.69, 9.17) is 0 Å². The van der Waals surface area contributed by atoms with E-state index in [1.807, 2.05) is 13.0 Å². The van der Waals surface area contributed by atoms with Crippen LogP contribution >= 0.6 is 0 Å². The quantitative estimate of drug-likeness (QED) is 0.543. The van der Waals surface area contributed by atoms with Crippen molar-refractivity contribution < 1.29 is 8.78 Å². The topological polar surface area (TPSA) is 25.8 Å². The molecule has 0 saturated heterocycles. The SMILES string of the molecule is CCC(CC)=C(/C=C(\CC)C(C)(C)F)c1cc(C(C)(C)F)ncn1. The minimum atomic E-state index is -1.54. The fraction of sp³-hybridized carbons (Fsp3) is 0.600. The maximum Gasteiger partial charge on any atom is 0.147 e. The molecule has 2 nitrogen and oxygen atoms in total. The molecule has 0 bridgehead atoms. The Labute approximate surface area is 145 Å². The summed E-state index contributed by atoms with van der Waals surface area (Å²) in [5.74, 6) is 0. The Morgan fingerprint density at radius 2 is 1.58 bits per heavy atom. The number of hydrogen-bond acceptors (Lipinski definition) is 2. The largest absolute Gasteiger partial charge is 0.240 e. The van der Waals surface area contributed by atoms with Gasteiger partial charge in [-0.25, -0.2) is 18.7 Å². The predicted molar refractivity (Wildman–Crippen MR) is 97.2 cm³/mol. The summed E-state index contributed by atoms with van der Waals surface area (Å²) in [4.78, 5) is 8.39. The minimum Gasteiger partial charge on any atom is -0.240 e. The van der Waals surface area contributed by atoms with Crippen LogP contribution in [0.4, 0.5) is 8.78 Å². The van der Waals surface area contributed by atoms with Gasteiger partial charge in [0.05, 0.1) is 11.4 Å². The summed E-state index contributed by atoms with van der Waals surface area (Å²) in [5, 5.41) is 0. The third-order valence-corrected chi connectivity index (χ3v) is 4.25. The van der Waals surface area contributed by atoms with Crippen molar-refractivity contribution in [3.8, 4) is 0 Å². The summed E-state index contributed by atoms with van der Waals surface area (Å²) in [6, 6.07) is 1.68. The molecule has 0 aliphatic heterocycles. The molecule has 4 heteroatoms. The highest BCUT2D eigenvalue weighted by molar-refractivity contribution is 5.75. The molecule has 24 heavy (non-hydrogen) atoms. The summed E-state index contributed by atoms with van der Waals surface area (Å²) in [6.45, 7) is 12.2. The van der Waals surface area contributed by atoms with Crippen molar-refractivity contribution in [3.63, 3.8) is 0 Å². The van der Waals surface area contributed by atoms with E-state index in [2.05, 4.69) is 23.8 Å². The van der Waals surface area contributed by atoms with Gasteiger partial charge >= 0.3 is 0 Å². The molecule has 0 amide bonds. The van der Waals surface area contributed by atoms with Crippen LogP contribution in [-0.2, 0) is 5.67 Å². The second kappa shape index (κ2) is 8.00. The van der Waals surface area contributed by atoms with E-state index in [1.165, 1.54) is 25.7 Å². The van der Waals surface area contributed by atoms with Gasteiger partial charge in [0.25, 0.3) is 0 Å². The Morgan fingerprint density at radius 1 is 1.00 bits per heavy atom. The van der Waals surface area contributed by atoms with Gasteiger partial charge in [0.15, 0.2) is 0 Å². The lowest BCUT2D eigenvalue weighted by Gasteiger charge is -2.20. The standard InChI is InChI=1S/C20H30F2N2/c1-8-14(9-2)16(11-15(10-3)19(4,5)21)17-12-18(20(6,7)22)24-13-23-17/h11-13H,8-10H2,1-7H3/b15-11+. The molecule has 1 rings (SSSR count). The highest BCUT2D eigenvalue weighted by atomic mass is 19.1. The van der Waals surface area contributed by atoms with Gasteiger partial charge in [-0.05, 0) is 64.2 Å². The molecule has 0 aromatic carbocycles. The summed E-state index contributed by atoms with van der Waals surface area (Å²) in [6.07, 6.45) is 5.56. The molecule has 0 N–H and O–H groups in total. The van der Waals surface area contributed by atoms with Crippen LogP contribution in [0.25, 0.3) is 5.57 Å². The molecular formula is C20H30F2N2. The molecule has 1 aromatic heterocycles. The second-order valence-corrected chi connectivity index (χ2v) is 6.98. The lowest BCUT2D eigenvalue weighted by molar-refractivity contribution is 0.214. The summed E-state index contributed by atoms with van der Waals surface area (Å²) in [5.41, 5.74) is 0.806. The highest BCUT2D eigenvalue weighted by Crippen LogP contribution is 2.32. The molecule has 1 aromatic rings. The Kier molecular flexibility index (Phi) is 6.82. The first-order chi connectivity index (χ1) is 11.0. The smallest absolute Gasteiger partial charge is 0.147 e. The maximum atomic E-state index is 14.5. The molecule has 0 radical (unpaired) electrons. The zero-order valence-electron chi connectivity index (χ0n) is 16.0. The van der Waals surface area contributed by atoms with Crippen LogP contribution in [-0.4, -0.2) is 15.6 Å². The van der Waals surface area contributed by atoms with Crippen LogP contribution in [0.3, 0.4) is 0 Å². The number of allylic oxidation sites excluding steroid dienone is 4. The van der Waals surface area contributed by atoms with Crippen molar-refractivity contribution in [2.24, 2.45) is 0 Å². The Bertz CT molecular complexity index is 611. The number of aromatic nitrogens is 2. The summed E-state index contributed by atoms with van der Waals surface area (Å²) in [7, 11) is 0. The molecule has 0 aliphatic rings. The van der Waals surface area contributed by atoms with Crippen molar-refractivity contribution in [2.45, 2.75) is 79.1 Å². The molecule has 134 valence electrons. The molecule has 0 spiro atoms. The first kappa shape index (κ1) is 20.5. The van der Waals surface area contributed by atoms with Crippen LogP contribution in [0.2, 0.25) is 0 Å². The van der Waals surface area contributed by atoms with Crippen molar-refractivity contribution in [2.75, 3.05) is 0 Å². The second-order valence-electron chi connectivity index (χ2n) is 6.98. The highest BCUT2D eigenvalue weighted by Gasteiger charge is 2.24. The summed E-state index contributed by atoms with van der Waals surface area (Å²) < 4.78 is 28.8. The zero-order valence-corrected chi connectivity index (χ0v) is 16.0. The van der Waals surface area contributed by atoms with Gasteiger partial charge in [0, 0.05) is 0 Å². The first-order valence-corrected chi connectivity index (χ1v) is 8.68. The van der Waals surface area contributed by atoms with Gasteiger partial charge in [-0.15, -0.1) is 0 Å². The number of hydrogen-bond donors (Lipinski definition) is 0. The van der Waals surface area contributed by atoms with E-state index < -0.39 is 11.3 Å². The van der Waals surface area contributed by atoms with E-state index in [9.17, 15) is 8.78 Å². The van der Waals surface area contributed by atoms with Crippen LogP contribution < -0.4 is 0 Å². The van der Waals surface area contributed by atoms with Gasteiger partial charge in [-0.2, -0.15) is 0 Å². The fourth-order valence-electron chi connectivity index (χ4n) is 2.69. The van der Waals surface area contributed by atoms with Crippen molar-refractivity contribution >= 4 is 5.57 Å². The van der Waals surface area contributed by atoms with E-state index in [0.29, 0.717) is 23.4 Å². The number of alkyl halides is 2. The Morgan fingerprint density at radius 3 is 2.00 bits per heavy atom. The minimum absolute atomic E-state index is 0.336. The van der Waals surface area contributed by atoms with Crippen molar-refractivity contribution in [3.05, 3.63) is 41.0 Å². The van der Waals surface area contributed by atoms with Crippen LogP contribution in [0, 0.1) is 0 Å². The van der Waals surface area contributed by atoms with E-state index in [0.717, 1.165) is 18.4 Å². The zero-order chi connectivity index (χ0) is 18.5. The van der Waals surface area contributed by atoms with Gasteiger partial charge in [-0.1, -0.05) is 32.4 Å². The number of rotatable bonds is 7. The summed E-state index contributed by atoms with van der Waals surface area (Å²) >= 11 is 0. The average Bonchev–Trinajstić information content (AvgIpc) is 2.49. The number of halogens is 2. The third kappa shape index (κ3) is 5.22. The molecule has 0 unspecified atom stereocenters. The number of nitrogens with zero attached hydrogens (tertiary/aromatic N) is 2. The monoisotopic (exact) mass is 336 g/mol. The molecular weight excluding hydrogens is 306 g/mol. The Hall–Kier alpha value is -1.58. The van der Waals surface area contributed by atoms with E-state index >= 15 is 0 Å². The van der Waals surface area contributed by atoms with Crippen LogP contribution in [0.5, 0.6) is 0 Å². The van der Waals surface area contributed by atoms with Gasteiger partial charge < -0.3 is 0 Å². The molecule has 0 atom stereocenters. The van der Waals surface area contributed by atoms with Gasteiger partial charge in [-0.3, -0.25) is 0 Å². The molecule has 1 heterocycles. The van der Waals surface area contributed by atoms with E-state index in [-0.39, 0.29) is 0 Å². The first-order valence-electron chi connectivity index (χ1n) is 8.68. The Balaban J connectivity index is 3.59. The van der Waals surface area contributed by atoms with Crippen molar-refractivity contribution in [1.29, 1.82) is 0 Å². The average molecular weight is 336 g/mol. The van der Waals surface area contributed by atoms with Crippen molar-refractivity contribution in [1.82, 2.24) is 9.97 Å². The van der Waals surface area contributed by atoms with Crippen LogP contribution in [0.15, 0.2) is 29.6 Å². The van der Waals surface area contributed by atoms with Gasteiger partial charge in [0.2, 0.25) is 0 Å². The van der Waals surface area contributed by atoms with E-state index in [1.54, 1.807) is 19.9 Å². The van der Waals surface area contributed by atoms with Crippen LogP contribution in [0.1, 0.15) is 79.1 Å².